The molecular formula is C15H24N2O2. The van der Waals surface area contributed by atoms with Crippen LogP contribution in [0.2, 0.25) is 0 Å². The third-order valence-electron chi connectivity index (χ3n) is 3.22. The molecule has 0 aliphatic rings. The molecule has 1 atom stereocenters. The van der Waals surface area contributed by atoms with Gasteiger partial charge in [0.05, 0.1) is 0 Å². The Balaban J connectivity index is 2.47. The highest BCUT2D eigenvalue weighted by atomic mass is 16.5. The van der Waals surface area contributed by atoms with Gasteiger partial charge in [-0.3, -0.25) is 4.79 Å². The Hall–Kier alpha value is -1.39. The van der Waals surface area contributed by atoms with Crippen LogP contribution in [-0.2, 0) is 9.53 Å². The van der Waals surface area contributed by atoms with E-state index in [1.165, 1.54) is 0 Å². The number of rotatable bonds is 7. The van der Waals surface area contributed by atoms with Crippen molar-refractivity contribution in [2.75, 3.05) is 27.2 Å². The minimum Gasteiger partial charge on any atom is -0.367 e. The highest BCUT2D eigenvalue weighted by Crippen LogP contribution is 2.15. The fourth-order valence-electron chi connectivity index (χ4n) is 1.73. The molecule has 1 amide bonds. The lowest BCUT2D eigenvalue weighted by atomic mass is 10.1. The standard InChI is InChI=1S/C15H24N2O2/c1-12(2)17(3)11-10-16-15(18)14(19-4)13-8-6-5-7-9-13/h5-9,12,14H,10-11H2,1-4H3,(H,16,18)/t14-/m0/s1. The first-order valence-electron chi connectivity index (χ1n) is 6.62. The van der Waals surface area contributed by atoms with E-state index in [-0.39, 0.29) is 5.91 Å². The fraction of sp³-hybridized carbons (Fsp3) is 0.533. The summed E-state index contributed by atoms with van der Waals surface area (Å²) in [6, 6.07) is 10.0. The molecule has 0 radical (unpaired) electrons. The van der Waals surface area contributed by atoms with Gasteiger partial charge < -0.3 is 15.0 Å². The van der Waals surface area contributed by atoms with Gasteiger partial charge >= 0.3 is 0 Å². The summed E-state index contributed by atoms with van der Waals surface area (Å²) >= 11 is 0. The highest BCUT2D eigenvalue weighted by molar-refractivity contribution is 5.82. The molecule has 106 valence electrons. The average Bonchev–Trinajstić information content (AvgIpc) is 2.40. The van der Waals surface area contributed by atoms with Crippen LogP contribution in [0.25, 0.3) is 0 Å². The second-order valence-electron chi connectivity index (χ2n) is 4.89. The van der Waals surface area contributed by atoms with E-state index in [4.69, 9.17) is 4.74 Å². The Kier molecular flexibility index (Phi) is 6.53. The summed E-state index contributed by atoms with van der Waals surface area (Å²) in [5, 5.41) is 2.91. The van der Waals surface area contributed by atoms with Gasteiger partial charge in [-0.05, 0) is 26.5 Å². The van der Waals surface area contributed by atoms with E-state index >= 15 is 0 Å². The Morgan fingerprint density at radius 1 is 1.32 bits per heavy atom. The summed E-state index contributed by atoms with van der Waals surface area (Å²) in [7, 11) is 3.60. The van der Waals surface area contributed by atoms with Crippen molar-refractivity contribution >= 4 is 5.91 Å². The second kappa shape index (κ2) is 7.92. The summed E-state index contributed by atoms with van der Waals surface area (Å²) in [5.41, 5.74) is 0.875. The number of hydrogen-bond donors (Lipinski definition) is 1. The van der Waals surface area contributed by atoms with E-state index in [9.17, 15) is 4.79 Å². The number of benzene rings is 1. The third-order valence-corrected chi connectivity index (χ3v) is 3.22. The Bertz CT molecular complexity index is 379. The van der Waals surface area contributed by atoms with Crippen LogP contribution in [0.15, 0.2) is 30.3 Å². The van der Waals surface area contributed by atoms with Crippen LogP contribution < -0.4 is 5.32 Å². The summed E-state index contributed by atoms with van der Waals surface area (Å²) in [6.07, 6.45) is -0.537. The average molecular weight is 264 g/mol. The molecule has 0 fully saturated rings. The maximum absolute atomic E-state index is 12.1. The van der Waals surface area contributed by atoms with Crippen LogP contribution in [0.5, 0.6) is 0 Å². The summed E-state index contributed by atoms with van der Waals surface area (Å²) in [5.74, 6) is -0.0918. The summed E-state index contributed by atoms with van der Waals surface area (Å²) < 4.78 is 5.28. The van der Waals surface area contributed by atoms with Crippen LogP contribution in [0, 0.1) is 0 Å². The molecule has 0 saturated heterocycles. The Morgan fingerprint density at radius 2 is 1.95 bits per heavy atom. The zero-order valence-electron chi connectivity index (χ0n) is 12.2. The van der Waals surface area contributed by atoms with E-state index in [2.05, 4.69) is 24.1 Å². The van der Waals surface area contributed by atoms with Gasteiger partial charge in [0.1, 0.15) is 0 Å². The van der Waals surface area contributed by atoms with E-state index in [1.54, 1.807) is 7.11 Å². The van der Waals surface area contributed by atoms with Gasteiger partial charge in [-0.2, -0.15) is 0 Å². The molecule has 0 bridgehead atoms. The maximum atomic E-state index is 12.1. The van der Waals surface area contributed by atoms with Crippen molar-refractivity contribution in [2.24, 2.45) is 0 Å². The summed E-state index contributed by atoms with van der Waals surface area (Å²) in [4.78, 5) is 14.3. The first-order valence-corrected chi connectivity index (χ1v) is 6.62. The monoisotopic (exact) mass is 264 g/mol. The fourth-order valence-corrected chi connectivity index (χ4v) is 1.73. The first kappa shape index (κ1) is 15.7. The Morgan fingerprint density at radius 3 is 2.47 bits per heavy atom. The van der Waals surface area contributed by atoms with Crippen LogP contribution in [0.3, 0.4) is 0 Å². The molecule has 1 N–H and O–H groups in total. The molecule has 0 saturated carbocycles. The van der Waals surface area contributed by atoms with Gasteiger partial charge in [0, 0.05) is 26.2 Å². The van der Waals surface area contributed by atoms with Gasteiger partial charge in [0.25, 0.3) is 5.91 Å². The van der Waals surface area contributed by atoms with Crippen molar-refractivity contribution in [3.8, 4) is 0 Å². The zero-order chi connectivity index (χ0) is 14.3. The Labute approximate surface area is 115 Å². The smallest absolute Gasteiger partial charge is 0.253 e. The van der Waals surface area contributed by atoms with E-state index in [0.29, 0.717) is 12.6 Å². The van der Waals surface area contributed by atoms with E-state index in [0.717, 1.165) is 12.1 Å². The van der Waals surface area contributed by atoms with Crippen molar-refractivity contribution < 1.29 is 9.53 Å². The minimum atomic E-state index is -0.537. The molecule has 1 aromatic carbocycles. The molecule has 0 aliphatic carbocycles. The molecule has 1 rings (SSSR count). The van der Waals surface area contributed by atoms with Crippen LogP contribution in [-0.4, -0.2) is 44.1 Å². The van der Waals surface area contributed by atoms with Crippen LogP contribution in [0.1, 0.15) is 25.5 Å². The van der Waals surface area contributed by atoms with Crippen molar-refractivity contribution in [3.05, 3.63) is 35.9 Å². The van der Waals surface area contributed by atoms with Gasteiger partial charge in [-0.25, -0.2) is 0 Å². The number of carbonyl (C=O) groups excluding carboxylic acids is 1. The van der Waals surface area contributed by atoms with Gasteiger partial charge in [-0.15, -0.1) is 0 Å². The quantitative estimate of drug-likeness (QED) is 0.817. The first-order chi connectivity index (χ1) is 9.06. The second-order valence-corrected chi connectivity index (χ2v) is 4.89. The lowest BCUT2D eigenvalue weighted by Crippen LogP contribution is -2.38. The number of ether oxygens (including phenoxy) is 1. The number of hydrogen-bond acceptors (Lipinski definition) is 3. The van der Waals surface area contributed by atoms with Crippen molar-refractivity contribution in [2.45, 2.75) is 26.0 Å². The van der Waals surface area contributed by atoms with Crippen LogP contribution >= 0.6 is 0 Å². The lowest BCUT2D eigenvalue weighted by Gasteiger charge is -2.22. The molecule has 0 unspecified atom stereocenters. The topological polar surface area (TPSA) is 41.6 Å². The number of amides is 1. The van der Waals surface area contributed by atoms with Crippen molar-refractivity contribution in [1.29, 1.82) is 0 Å². The minimum absolute atomic E-state index is 0.0918. The van der Waals surface area contributed by atoms with Crippen molar-refractivity contribution in [3.63, 3.8) is 0 Å². The molecule has 0 spiro atoms. The molecule has 1 aromatic rings. The third kappa shape index (κ3) is 5.01. The van der Waals surface area contributed by atoms with Gasteiger partial charge in [0.2, 0.25) is 0 Å². The molecule has 0 aromatic heterocycles. The molecule has 0 aliphatic heterocycles. The maximum Gasteiger partial charge on any atom is 0.253 e. The zero-order valence-corrected chi connectivity index (χ0v) is 12.2. The molecule has 19 heavy (non-hydrogen) atoms. The molecule has 4 heteroatoms. The number of nitrogens with one attached hydrogen (secondary N) is 1. The largest absolute Gasteiger partial charge is 0.367 e. The van der Waals surface area contributed by atoms with Crippen LogP contribution in [0.4, 0.5) is 0 Å². The van der Waals surface area contributed by atoms with E-state index < -0.39 is 6.10 Å². The van der Waals surface area contributed by atoms with E-state index in [1.807, 2.05) is 37.4 Å². The van der Waals surface area contributed by atoms with Gasteiger partial charge in [0.15, 0.2) is 6.10 Å². The normalized spacial score (nSPS) is 12.7. The molecule has 4 nitrogen and oxygen atoms in total. The number of nitrogens with zero attached hydrogens (tertiary/aromatic N) is 1. The number of methoxy groups -OCH3 is 1. The predicted molar refractivity (Wildman–Crippen MR) is 77.0 cm³/mol. The van der Waals surface area contributed by atoms with Gasteiger partial charge in [-0.1, -0.05) is 30.3 Å². The molecule has 0 heterocycles. The molecular weight excluding hydrogens is 240 g/mol. The highest BCUT2D eigenvalue weighted by Gasteiger charge is 2.19. The summed E-state index contributed by atoms with van der Waals surface area (Å²) in [6.45, 7) is 5.71. The van der Waals surface area contributed by atoms with Crippen molar-refractivity contribution in [1.82, 2.24) is 10.2 Å². The SMILES string of the molecule is CO[C@H](C(=O)NCCN(C)C(C)C)c1ccccc1. The predicted octanol–water partition coefficient (Wildman–Crippen LogP) is 1.83. The number of likely N-dealkylation sites (N-methyl/N-ethyl adjacent to an activating group) is 1. The number of carbonyl (C=O) groups is 1. The lowest BCUT2D eigenvalue weighted by molar-refractivity contribution is -0.131.